The molecule has 0 aromatic carbocycles. The van der Waals surface area contributed by atoms with E-state index in [0.717, 1.165) is 6.42 Å². The maximum Gasteiger partial charge on any atom is 0.0567 e. The molecule has 0 bridgehead atoms. The second kappa shape index (κ2) is 20.4. The SMILES string of the molecule is CC(O)CC(C)O.CC(O)CC(C)O.COC(C)CC(C)O.[Ru]. The minimum absolute atomic E-state index is 0. The molecule has 6 unspecified atom stereocenters. The van der Waals surface area contributed by atoms with Gasteiger partial charge in [0.1, 0.15) is 0 Å². The molecule has 5 N–H and O–H groups in total. The Morgan fingerprint density at radius 1 is 0.565 bits per heavy atom. The average molecular weight is 428 g/mol. The van der Waals surface area contributed by atoms with Gasteiger partial charge in [-0.1, -0.05) is 0 Å². The summed E-state index contributed by atoms with van der Waals surface area (Å²) in [6.45, 7) is 10.3. The van der Waals surface area contributed by atoms with Crippen LogP contribution >= 0.6 is 0 Å². The van der Waals surface area contributed by atoms with Gasteiger partial charge in [0, 0.05) is 26.6 Å². The molecule has 0 saturated carbocycles. The standard InChI is InChI=1S/C6H14O2.2C5H12O2.Ru/c1-5(7)4-6(2)8-3;2*1-4(6)3-5(2)7;/h5-7H,4H2,1-3H3;2*4-7H,3H2,1-2H3;. The van der Waals surface area contributed by atoms with Crippen molar-refractivity contribution in [1.82, 2.24) is 0 Å². The number of aliphatic hydroxyl groups is 5. The predicted molar refractivity (Wildman–Crippen MR) is 88.7 cm³/mol. The van der Waals surface area contributed by atoms with Crippen molar-refractivity contribution >= 4 is 0 Å². The topological polar surface area (TPSA) is 110 Å². The summed E-state index contributed by atoms with van der Waals surface area (Å²) in [4.78, 5) is 0. The monoisotopic (exact) mass is 428 g/mol. The number of aliphatic hydroxyl groups excluding tert-OH is 5. The van der Waals surface area contributed by atoms with Gasteiger partial charge in [0.15, 0.2) is 0 Å². The van der Waals surface area contributed by atoms with E-state index in [0.29, 0.717) is 12.8 Å². The zero-order valence-corrected chi connectivity index (χ0v) is 17.3. The Balaban J connectivity index is -0.000000116. The van der Waals surface area contributed by atoms with Crippen molar-refractivity contribution in [2.45, 2.75) is 97.4 Å². The van der Waals surface area contributed by atoms with E-state index in [9.17, 15) is 0 Å². The Morgan fingerprint density at radius 3 is 0.826 bits per heavy atom. The van der Waals surface area contributed by atoms with Gasteiger partial charge in [0.25, 0.3) is 0 Å². The third-order valence-corrected chi connectivity index (χ3v) is 2.44. The summed E-state index contributed by atoms with van der Waals surface area (Å²) in [7, 11) is 1.65. The Bertz CT molecular complexity index is 185. The third kappa shape index (κ3) is 45.0. The molecule has 0 amide bonds. The second-order valence-corrected chi connectivity index (χ2v) is 6.00. The second-order valence-electron chi connectivity index (χ2n) is 6.00. The molecule has 0 aliphatic carbocycles. The number of hydrogen-bond acceptors (Lipinski definition) is 6. The van der Waals surface area contributed by atoms with E-state index in [2.05, 4.69) is 0 Å². The fraction of sp³-hybridized carbons (Fsp3) is 1.00. The van der Waals surface area contributed by atoms with E-state index in [4.69, 9.17) is 30.3 Å². The zero-order valence-electron chi connectivity index (χ0n) is 15.6. The van der Waals surface area contributed by atoms with E-state index in [1.54, 1.807) is 41.7 Å². The first-order valence-corrected chi connectivity index (χ1v) is 7.85. The summed E-state index contributed by atoms with van der Waals surface area (Å²) < 4.78 is 4.90. The summed E-state index contributed by atoms with van der Waals surface area (Å²) >= 11 is 0. The van der Waals surface area contributed by atoms with Crippen LogP contribution in [0.3, 0.4) is 0 Å². The van der Waals surface area contributed by atoms with Gasteiger partial charge in [-0.25, -0.2) is 0 Å². The van der Waals surface area contributed by atoms with Crippen molar-refractivity contribution in [3.05, 3.63) is 0 Å². The fourth-order valence-electron chi connectivity index (χ4n) is 1.56. The van der Waals surface area contributed by atoms with Crippen LogP contribution in [0.2, 0.25) is 0 Å². The van der Waals surface area contributed by atoms with Crippen molar-refractivity contribution in [1.29, 1.82) is 0 Å². The van der Waals surface area contributed by atoms with Crippen LogP contribution in [0.4, 0.5) is 0 Å². The summed E-state index contributed by atoms with van der Waals surface area (Å²) in [5.74, 6) is 0. The van der Waals surface area contributed by atoms with Gasteiger partial charge in [-0.15, -0.1) is 0 Å². The van der Waals surface area contributed by atoms with Crippen molar-refractivity contribution in [3.63, 3.8) is 0 Å². The number of rotatable bonds is 7. The number of hydrogen-bond donors (Lipinski definition) is 5. The Hall–Kier alpha value is 0.383. The van der Waals surface area contributed by atoms with Crippen LogP contribution in [0.1, 0.15) is 60.8 Å². The molecule has 0 aromatic rings. The molecule has 0 aromatic heterocycles. The molecule has 0 fully saturated rings. The normalized spacial score (nSPS) is 17.7. The van der Waals surface area contributed by atoms with Crippen LogP contribution in [-0.4, -0.2) is 69.3 Å². The quantitative estimate of drug-likeness (QED) is 0.389. The Labute approximate surface area is 154 Å². The van der Waals surface area contributed by atoms with Crippen LogP contribution in [0.15, 0.2) is 0 Å². The van der Waals surface area contributed by atoms with Crippen molar-refractivity contribution < 1.29 is 49.7 Å². The minimum Gasteiger partial charge on any atom is -0.393 e. The van der Waals surface area contributed by atoms with Crippen LogP contribution in [-0.2, 0) is 24.2 Å². The molecule has 0 aliphatic rings. The van der Waals surface area contributed by atoms with E-state index < -0.39 is 0 Å². The predicted octanol–water partition coefficient (Wildman–Crippen LogP) is 1.07. The first kappa shape index (κ1) is 31.2. The Morgan fingerprint density at radius 2 is 0.783 bits per heavy atom. The maximum absolute atomic E-state index is 8.77. The average Bonchev–Trinajstić information content (AvgIpc) is 2.25. The van der Waals surface area contributed by atoms with E-state index in [1.807, 2.05) is 6.92 Å². The van der Waals surface area contributed by atoms with Gasteiger partial charge >= 0.3 is 0 Å². The van der Waals surface area contributed by atoms with Crippen LogP contribution in [0.5, 0.6) is 0 Å². The molecule has 0 aliphatic heterocycles. The fourth-order valence-corrected chi connectivity index (χ4v) is 1.56. The van der Waals surface area contributed by atoms with E-state index >= 15 is 0 Å². The Kier molecular flexibility index (Phi) is 27.7. The van der Waals surface area contributed by atoms with Crippen LogP contribution in [0.25, 0.3) is 0 Å². The molecule has 0 saturated heterocycles. The van der Waals surface area contributed by atoms with Crippen LogP contribution in [0, 0.1) is 0 Å². The molecule has 0 heterocycles. The molecule has 6 atom stereocenters. The van der Waals surface area contributed by atoms with Gasteiger partial charge in [-0.05, 0) is 60.8 Å². The summed E-state index contributed by atoms with van der Waals surface area (Å²) in [6.07, 6.45) is 0.0937. The summed E-state index contributed by atoms with van der Waals surface area (Å²) in [6, 6.07) is 0. The minimum atomic E-state index is -0.375. The third-order valence-electron chi connectivity index (χ3n) is 2.44. The van der Waals surface area contributed by atoms with Gasteiger partial charge in [0.2, 0.25) is 0 Å². The molecule has 0 radical (unpaired) electrons. The smallest absolute Gasteiger partial charge is 0.0567 e. The zero-order chi connectivity index (χ0) is 18.3. The molecule has 0 spiro atoms. The van der Waals surface area contributed by atoms with E-state index in [-0.39, 0.29) is 56.1 Å². The summed E-state index contributed by atoms with van der Waals surface area (Å²) in [5.41, 5.74) is 0. The van der Waals surface area contributed by atoms with Crippen molar-refractivity contribution in [2.24, 2.45) is 0 Å². The van der Waals surface area contributed by atoms with Crippen molar-refractivity contribution in [2.75, 3.05) is 7.11 Å². The molecule has 146 valence electrons. The maximum atomic E-state index is 8.77. The van der Waals surface area contributed by atoms with Gasteiger partial charge in [-0.2, -0.15) is 0 Å². The number of methoxy groups -OCH3 is 1. The van der Waals surface area contributed by atoms with Crippen molar-refractivity contribution in [3.8, 4) is 0 Å². The van der Waals surface area contributed by atoms with Gasteiger partial charge in [0.05, 0.1) is 36.6 Å². The molecule has 7 heteroatoms. The molecule has 0 rings (SSSR count). The molecule has 23 heavy (non-hydrogen) atoms. The molecule has 6 nitrogen and oxygen atoms in total. The van der Waals surface area contributed by atoms with E-state index in [1.165, 1.54) is 0 Å². The van der Waals surface area contributed by atoms with Gasteiger partial charge < -0.3 is 30.3 Å². The number of ether oxygens (including phenoxy) is 1. The molecular formula is C16H38O6Ru. The molecular weight excluding hydrogens is 389 g/mol. The first-order chi connectivity index (χ1) is 9.92. The first-order valence-electron chi connectivity index (χ1n) is 7.85. The van der Waals surface area contributed by atoms with Gasteiger partial charge in [-0.3, -0.25) is 0 Å². The largest absolute Gasteiger partial charge is 0.393 e. The summed E-state index contributed by atoms with van der Waals surface area (Å²) in [5, 5.41) is 43.0. The van der Waals surface area contributed by atoms with Crippen LogP contribution < -0.4 is 0 Å².